The van der Waals surface area contributed by atoms with Crippen LogP contribution in [0.1, 0.15) is 11.3 Å². The number of carbonyl (C=O) groups is 1. The lowest BCUT2D eigenvalue weighted by molar-refractivity contribution is -0.112. The van der Waals surface area contributed by atoms with Crippen molar-refractivity contribution in [3.63, 3.8) is 0 Å². The molecule has 186 valence electrons. The number of thioether (sulfide) groups is 1. The minimum Gasteiger partial charge on any atom is -0.378 e. The van der Waals surface area contributed by atoms with Gasteiger partial charge in [0.2, 0.25) is 5.95 Å². The highest BCUT2D eigenvalue weighted by Crippen LogP contribution is 2.40. The summed E-state index contributed by atoms with van der Waals surface area (Å²) in [5.41, 5.74) is 1.46. The van der Waals surface area contributed by atoms with Crippen LogP contribution in [0.15, 0.2) is 63.4 Å². The summed E-state index contributed by atoms with van der Waals surface area (Å²) in [6.45, 7) is 2.61. The van der Waals surface area contributed by atoms with Gasteiger partial charge in [-0.25, -0.2) is 18.4 Å². The Bertz CT molecular complexity index is 1450. The molecule has 0 bridgehead atoms. The van der Waals surface area contributed by atoms with Gasteiger partial charge < -0.3 is 15.0 Å². The van der Waals surface area contributed by atoms with Crippen LogP contribution in [-0.2, 0) is 25.1 Å². The molecule has 0 radical (unpaired) electrons. The average molecular weight is 563 g/mol. The molecular formula is C24H20Cl2N4O4S2. The molecule has 12 heteroatoms. The maximum atomic E-state index is 13.2. The normalized spacial score (nSPS) is 17.1. The number of anilines is 2. The van der Waals surface area contributed by atoms with Crippen molar-refractivity contribution >= 4 is 68.4 Å². The Morgan fingerprint density at radius 3 is 2.61 bits per heavy atom. The van der Waals surface area contributed by atoms with E-state index in [1.807, 2.05) is 4.90 Å². The van der Waals surface area contributed by atoms with Crippen LogP contribution >= 0.6 is 35.0 Å². The fraction of sp³-hybridized carbons (Fsp3) is 0.208. The van der Waals surface area contributed by atoms with Crippen LogP contribution in [-0.4, -0.2) is 50.6 Å². The van der Waals surface area contributed by atoms with Gasteiger partial charge in [-0.3, -0.25) is 4.79 Å². The molecule has 0 saturated carbocycles. The van der Waals surface area contributed by atoms with Crippen molar-refractivity contribution in [1.29, 1.82) is 0 Å². The van der Waals surface area contributed by atoms with Gasteiger partial charge in [-0.15, -0.1) is 0 Å². The molecule has 36 heavy (non-hydrogen) atoms. The number of benzene rings is 2. The molecule has 1 aromatic heterocycles. The van der Waals surface area contributed by atoms with Crippen LogP contribution in [0.25, 0.3) is 6.08 Å². The van der Waals surface area contributed by atoms with E-state index in [-0.39, 0.29) is 26.6 Å². The van der Waals surface area contributed by atoms with E-state index >= 15 is 0 Å². The van der Waals surface area contributed by atoms with Crippen molar-refractivity contribution in [2.75, 3.05) is 36.5 Å². The Morgan fingerprint density at radius 1 is 1.11 bits per heavy atom. The fourth-order valence-electron chi connectivity index (χ4n) is 3.76. The van der Waals surface area contributed by atoms with Gasteiger partial charge in [-0.2, -0.15) is 0 Å². The summed E-state index contributed by atoms with van der Waals surface area (Å²) in [7, 11) is -3.75. The molecule has 0 aliphatic carbocycles. The van der Waals surface area contributed by atoms with Crippen molar-refractivity contribution in [1.82, 2.24) is 9.97 Å². The van der Waals surface area contributed by atoms with E-state index in [1.165, 1.54) is 17.8 Å². The minimum atomic E-state index is -3.75. The van der Waals surface area contributed by atoms with Gasteiger partial charge in [0.05, 0.1) is 40.1 Å². The molecule has 0 spiro atoms. The first kappa shape index (κ1) is 25.0. The third kappa shape index (κ3) is 5.37. The van der Waals surface area contributed by atoms with Crippen LogP contribution < -0.4 is 10.2 Å². The van der Waals surface area contributed by atoms with Crippen molar-refractivity contribution in [2.24, 2.45) is 0 Å². The predicted molar refractivity (Wildman–Crippen MR) is 141 cm³/mol. The first-order valence-corrected chi connectivity index (χ1v) is 14.2. The molecule has 1 N–H and O–H groups in total. The Morgan fingerprint density at radius 2 is 1.86 bits per heavy atom. The zero-order valence-electron chi connectivity index (χ0n) is 18.8. The number of carbonyl (C=O) groups excluding carboxylic acids is 1. The third-order valence-corrected chi connectivity index (χ3v) is 9.07. The van der Waals surface area contributed by atoms with Crippen LogP contribution in [0.3, 0.4) is 0 Å². The molecule has 2 aromatic carbocycles. The van der Waals surface area contributed by atoms with E-state index in [0.717, 1.165) is 0 Å². The van der Waals surface area contributed by atoms with Crippen molar-refractivity contribution in [3.8, 4) is 0 Å². The second-order valence-electron chi connectivity index (χ2n) is 8.06. The first-order chi connectivity index (χ1) is 17.3. The van der Waals surface area contributed by atoms with Crippen LogP contribution in [0.2, 0.25) is 10.0 Å². The smallest absolute Gasteiger partial charge is 0.262 e. The summed E-state index contributed by atoms with van der Waals surface area (Å²) < 4.78 is 31.7. The summed E-state index contributed by atoms with van der Waals surface area (Å²) in [5, 5.41) is 3.40. The van der Waals surface area contributed by atoms with Crippen LogP contribution in [0.4, 0.5) is 11.6 Å². The molecule has 3 heterocycles. The molecule has 5 rings (SSSR count). The van der Waals surface area contributed by atoms with Gasteiger partial charge in [0.1, 0.15) is 0 Å². The number of rotatable bonds is 5. The van der Waals surface area contributed by atoms with E-state index in [4.69, 9.17) is 27.9 Å². The molecule has 2 aliphatic heterocycles. The standard InChI is InChI=1S/C24H20Cl2N4O4S2/c25-18-2-1-3-19(26)17(18)14-36(32,33)16-4-5-20-21(13-16)35-22(23(31)29-20)12-15-6-7-27-24(28-15)30-8-10-34-11-9-30/h1-7,12-13H,8-11,14H2,(H,29,31)/b22-12-. The predicted octanol–water partition coefficient (Wildman–Crippen LogP) is 4.68. The number of morpholine rings is 1. The van der Waals surface area contributed by atoms with Crippen LogP contribution in [0, 0.1) is 0 Å². The van der Waals surface area contributed by atoms with Crippen LogP contribution in [0.5, 0.6) is 0 Å². The van der Waals surface area contributed by atoms with E-state index in [0.29, 0.717) is 59.0 Å². The lowest BCUT2D eigenvalue weighted by atomic mass is 10.2. The van der Waals surface area contributed by atoms with Crippen molar-refractivity contribution < 1.29 is 17.9 Å². The first-order valence-electron chi connectivity index (χ1n) is 11.0. The van der Waals surface area contributed by atoms with Gasteiger partial charge in [0.15, 0.2) is 9.84 Å². The highest BCUT2D eigenvalue weighted by molar-refractivity contribution is 8.04. The van der Waals surface area contributed by atoms with E-state index in [9.17, 15) is 13.2 Å². The highest BCUT2D eigenvalue weighted by Gasteiger charge is 2.25. The minimum absolute atomic E-state index is 0.108. The molecule has 2 aliphatic rings. The SMILES string of the molecule is O=C1Nc2ccc(S(=O)(=O)Cc3c(Cl)cccc3Cl)cc2S/C1=C\c1ccnc(N2CCOCC2)n1. The largest absolute Gasteiger partial charge is 0.378 e. The molecule has 1 fully saturated rings. The van der Waals surface area contributed by atoms with Gasteiger partial charge >= 0.3 is 0 Å². The summed E-state index contributed by atoms with van der Waals surface area (Å²) in [5.74, 6) is -0.0618. The quantitative estimate of drug-likeness (QED) is 0.447. The summed E-state index contributed by atoms with van der Waals surface area (Å²) in [4.78, 5) is 24.8. The van der Waals surface area contributed by atoms with Gasteiger partial charge in [-0.1, -0.05) is 41.0 Å². The lowest BCUT2D eigenvalue weighted by Gasteiger charge is -2.26. The number of amides is 1. The van der Waals surface area contributed by atoms with Crippen molar-refractivity contribution in [2.45, 2.75) is 15.5 Å². The lowest BCUT2D eigenvalue weighted by Crippen LogP contribution is -2.37. The fourth-order valence-corrected chi connectivity index (χ4v) is 6.93. The Balaban J connectivity index is 1.41. The highest BCUT2D eigenvalue weighted by atomic mass is 35.5. The molecule has 0 unspecified atom stereocenters. The monoisotopic (exact) mass is 562 g/mol. The van der Waals surface area contributed by atoms with E-state index in [1.54, 1.807) is 48.7 Å². The molecule has 3 aromatic rings. The van der Waals surface area contributed by atoms with Crippen molar-refractivity contribution in [3.05, 3.63) is 74.9 Å². The van der Waals surface area contributed by atoms with Gasteiger partial charge in [-0.05, 0) is 42.5 Å². The molecule has 1 saturated heterocycles. The topological polar surface area (TPSA) is 101 Å². The number of sulfone groups is 1. The summed E-state index contributed by atoms with van der Waals surface area (Å²) in [6, 6.07) is 11.2. The number of nitrogens with zero attached hydrogens (tertiary/aromatic N) is 3. The maximum absolute atomic E-state index is 13.2. The molecule has 0 atom stereocenters. The number of hydrogen-bond acceptors (Lipinski definition) is 8. The maximum Gasteiger partial charge on any atom is 0.262 e. The number of fused-ring (bicyclic) bond motifs is 1. The van der Waals surface area contributed by atoms with E-state index < -0.39 is 9.84 Å². The average Bonchev–Trinajstić information content (AvgIpc) is 2.87. The second kappa shape index (κ2) is 10.4. The Labute approximate surface area is 222 Å². The number of nitrogens with one attached hydrogen (secondary N) is 1. The summed E-state index contributed by atoms with van der Waals surface area (Å²) >= 11 is 13.6. The van der Waals surface area contributed by atoms with Gasteiger partial charge in [0.25, 0.3) is 5.91 Å². The Hall–Kier alpha value is -2.63. The zero-order valence-corrected chi connectivity index (χ0v) is 21.9. The number of ether oxygens (including phenoxy) is 1. The number of aromatic nitrogens is 2. The second-order valence-corrected chi connectivity index (χ2v) is 12.0. The van der Waals surface area contributed by atoms with E-state index in [2.05, 4.69) is 15.3 Å². The summed E-state index contributed by atoms with van der Waals surface area (Å²) in [6.07, 6.45) is 3.31. The zero-order chi connectivity index (χ0) is 25.3. The molecular weight excluding hydrogens is 543 g/mol. The number of hydrogen-bond donors (Lipinski definition) is 1. The van der Waals surface area contributed by atoms with Gasteiger partial charge in [0, 0.05) is 39.8 Å². The molecule has 8 nitrogen and oxygen atoms in total. The number of halogens is 2. The Kier molecular flexibility index (Phi) is 7.23. The third-order valence-electron chi connectivity index (χ3n) is 5.64. The molecule has 1 amide bonds.